The maximum atomic E-state index is 3.20. The van der Waals surface area contributed by atoms with Crippen molar-refractivity contribution in [1.82, 2.24) is 0 Å². The Morgan fingerprint density at radius 2 is 0.436 bits per heavy atom. The zero-order chi connectivity index (χ0) is 31.4. The van der Waals surface area contributed by atoms with Crippen molar-refractivity contribution in [3.05, 3.63) is 9.58 Å². The van der Waals surface area contributed by atoms with E-state index in [1.165, 1.54) is 0 Å². The van der Waals surface area contributed by atoms with Crippen molar-refractivity contribution in [2.24, 2.45) is 0 Å². The van der Waals surface area contributed by atoms with Gasteiger partial charge in [0.05, 0.1) is 7.74 Å². The summed E-state index contributed by atoms with van der Waals surface area (Å²) in [6.07, 6.45) is 0. The summed E-state index contributed by atoms with van der Waals surface area (Å²) >= 11 is 0. The van der Waals surface area contributed by atoms with Crippen LogP contribution in [0.2, 0.25) is 134 Å². The monoisotopic (exact) mass is 780 g/mol. The molecule has 0 aliphatic heterocycles. The zero-order valence-corrected chi connectivity index (χ0v) is 46.3. The van der Waals surface area contributed by atoms with Crippen molar-refractivity contribution in [3.63, 3.8) is 0 Å². The average Bonchev–Trinajstić information content (AvgIpc) is 2.44. The van der Waals surface area contributed by atoms with Gasteiger partial charge in [-0.05, 0) is 16.6 Å². The summed E-state index contributed by atoms with van der Waals surface area (Å²) in [6.45, 7) is 59.7. The summed E-state index contributed by atoms with van der Waals surface area (Å²) in [7, 11) is -3.97. The topological polar surface area (TPSA) is 0 Å². The van der Waals surface area contributed by atoms with Crippen molar-refractivity contribution < 1.29 is 39.0 Å². The fraction of sp³-hybridized carbons (Fsp3) is 0.931. The van der Waals surface area contributed by atoms with Crippen LogP contribution in [0.25, 0.3) is 0 Å². The van der Waals surface area contributed by atoms with Crippen molar-refractivity contribution >= 4 is 65.0 Å². The van der Waals surface area contributed by atoms with Gasteiger partial charge in [0.1, 0.15) is 0 Å². The Kier molecular flexibility index (Phi) is 24.4. The maximum absolute atomic E-state index is 3.20. The molecule has 0 fully saturated rings. The number of hydrogen-bond donors (Lipinski definition) is 0. The third-order valence-electron chi connectivity index (χ3n) is 7.50. The Bertz CT molecular complexity index is 513. The minimum Gasteiger partial charge on any atom is -0.311 e. The second-order valence-corrected chi connectivity index (χ2v) is 60.2. The van der Waals surface area contributed by atoms with Crippen LogP contribution >= 0.6 is 8.79 Å². The van der Waals surface area contributed by atoms with E-state index >= 15 is 0 Å². The molecule has 0 rings (SSSR count). The van der Waals surface area contributed by atoms with Gasteiger partial charge in [0.25, 0.3) is 0 Å². The zero-order valence-electron chi connectivity index (χ0n) is 32.2. The van der Waals surface area contributed by atoms with E-state index in [0.29, 0.717) is 0 Å². The molecular weight excluding hydrogens is 707 g/mol. The van der Waals surface area contributed by atoms with Gasteiger partial charge in [-0.15, -0.1) is 57.2 Å². The molecule has 0 saturated heterocycles. The Hall–Kier alpha value is 3.19. The molecule has 0 N–H and O–H groups in total. The van der Waals surface area contributed by atoms with Crippen LogP contribution in [-0.2, 0) is 39.0 Å². The summed E-state index contributed by atoms with van der Waals surface area (Å²) in [6, 6.07) is 0. The fourth-order valence-electron chi connectivity index (χ4n) is 8.75. The first-order valence-electron chi connectivity index (χ1n) is 15.1. The van der Waals surface area contributed by atoms with Crippen LogP contribution in [0.15, 0.2) is 0 Å². The Morgan fingerprint density at radius 1 is 0.333 bits per heavy atom. The summed E-state index contributed by atoms with van der Waals surface area (Å²) in [4.78, 5) is 4.12. The molecular formula is C29H77PSi7Zn2-2. The summed E-state index contributed by atoms with van der Waals surface area (Å²) in [5, 5.41) is 0. The fourth-order valence-corrected chi connectivity index (χ4v) is 66.8. The second-order valence-electron chi connectivity index (χ2n) is 18.7. The molecule has 10 heteroatoms. The van der Waals surface area contributed by atoms with Crippen LogP contribution in [0.1, 0.15) is 41.5 Å². The van der Waals surface area contributed by atoms with E-state index in [1.54, 1.807) is 0 Å². The van der Waals surface area contributed by atoms with Gasteiger partial charge in [0, 0.05) is 39.0 Å². The van der Waals surface area contributed by atoms with Crippen LogP contribution in [0.4, 0.5) is 0 Å². The van der Waals surface area contributed by atoms with E-state index in [2.05, 4.69) is 178 Å². The molecule has 0 aromatic rings. The maximum Gasteiger partial charge on any atom is 0.0822 e. The Morgan fingerprint density at radius 3 is 0.436 bits per heavy atom. The van der Waals surface area contributed by atoms with Gasteiger partial charge in [-0.3, -0.25) is 0 Å². The molecule has 0 saturated carbocycles. The van der Waals surface area contributed by atoms with Crippen LogP contribution in [0.3, 0.4) is 0 Å². The van der Waals surface area contributed by atoms with Crippen molar-refractivity contribution in [1.29, 1.82) is 0 Å². The minimum atomic E-state index is -1.06. The molecule has 0 aromatic heterocycles. The molecule has 0 radical (unpaired) electrons. The molecule has 0 bridgehead atoms. The predicted octanol–water partition coefficient (Wildman–Crippen LogP) is 12.4. The van der Waals surface area contributed by atoms with Gasteiger partial charge in [-0.1, -0.05) is 159 Å². The third-order valence-corrected chi connectivity index (χ3v) is 55.5. The Balaban J connectivity index is -0.000000145. The van der Waals surface area contributed by atoms with Crippen molar-refractivity contribution in [3.8, 4) is 0 Å². The molecule has 0 aliphatic carbocycles. The van der Waals surface area contributed by atoms with E-state index in [-0.39, 0.29) is 39.0 Å². The van der Waals surface area contributed by atoms with Gasteiger partial charge >= 0.3 is 0 Å². The largest absolute Gasteiger partial charge is 0.311 e. The van der Waals surface area contributed by atoms with E-state index < -0.39 is 56.2 Å². The first kappa shape index (κ1) is 51.8. The normalized spacial score (nSPS) is 14.0. The minimum absolute atomic E-state index is 0. The molecule has 0 aromatic carbocycles. The molecule has 1 atom stereocenters. The van der Waals surface area contributed by atoms with Crippen LogP contribution in [0, 0.1) is 9.58 Å². The van der Waals surface area contributed by atoms with Gasteiger partial charge < -0.3 is 9.58 Å². The molecule has 0 amide bonds. The smallest absolute Gasteiger partial charge is 0.0822 e. The molecule has 0 heterocycles. The average molecular weight is 784 g/mol. The van der Waals surface area contributed by atoms with Gasteiger partial charge in [0.15, 0.2) is 0 Å². The van der Waals surface area contributed by atoms with E-state index in [4.69, 9.17) is 0 Å². The van der Waals surface area contributed by atoms with Crippen molar-refractivity contribution in [2.45, 2.75) is 176 Å². The van der Waals surface area contributed by atoms with Crippen LogP contribution < -0.4 is 0 Å². The second kappa shape index (κ2) is 18.4. The summed E-state index contributed by atoms with van der Waals surface area (Å²) < 4.78 is 0. The molecule has 0 spiro atoms. The molecule has 39 heavy (non-hydrogen) atoms. The Labute approximate surface area is 287 Å². The van der Waals surface area contributed by atoms with Gasteiger partial charge in [0.2, 0.25) is 0 Å². The SMILES string of the molecule is CC(C)[Si](P)(C(C)C)C(C)C.C[Si](C)(C)[C-]([Si](C)(C)C)[Si](C)(C)C.C[Si](C)(C)[C-]([Si](C)(C)C)[Si](C)(C)C.[Zn].[Zn]. The van der Waals surface area contributed by atoms with E-state index in [1.807, 2.05) is 0 Å². The number of rotatable bonds is 9. The van der Waals surface area contributed by atoms with Crippen LogP contribution in [-0.4, -0.2) is 56.2 Å². The number of hydrogen-bond acceptors (Lipinski definition) is 0. The van der Waals surface area contributed by atoms with E-state index in [9.17, 15) is 0 Å². The third kappa shape index (κ3) is 19.3. The van der Waals surface area contributed by atoms with Crippen LogP contribution in [0.5, 0.6) is 0 Å². The molecule has 232 valence electrons. The molecule has 1 unspecified atom stereocenters. The first-order valence-corrected chi connectivity index (χ1v) is 40.2. The predicted molar refractivity (Wildman–Crippen MR) is 207 cm³/mol. The quantitative estimate of drug-likeness (QED) is 0.124. The molecule has 0 aliphatic rings. The van der Waals surface area contributed by atoms with Gasteiger partial charge in [-0.2, -0.15) is 0 Å². The summed E-state index contributed by atoms with van der Waals surface area (Å²) in [5.74, 6) is 0. The molecule has 0 nitrogen and oxygen atoms in total. The standard InChI is InChI=1S/2C10H27Si3.C9H23PSi.2Zn/c2*1-11(2,3)10(12(4,5)6)13(7,8)9;1-7(2)11(10,8(3)4)9(5)6;;/h2*1-9H3;7-9H,10H2,1-6H3;;/q2*-1;;;. The van der Waals surface area contributed by atoms with Gasteiger partial charge in [-0.25, -0.2) is 0 Å². The summed E-state index contributed by atoms with van der Waals surface area (Å²) in [5.41, 5.74) is 2.65. The first-order chi connectivity index (χ1) is 15.6. The van der Waals surface area contributed by atoms with Crippen molar-refractivity contribution in [2.75, 3.05) is 0 Å². The van der Waals surface area contributed by atoms with E-state index in [0.717, 1.165) is 16.6 Å².